The molecule has 0 saturated carbocycles. The standard InChI is InChI=1S/C32H32N6O3.C5H10FN/c1-40-31-34-28-21-36(29-13-7-11-24-10-5-6-12-26(24)29)17-15-27(28)30(35-31)37-18-19-38(25(20-37)14-16-33)32(39)41-22-23-8-3-2-4-9-23;1-7-3-2-5(6)4-7/h2-13,25H,14-15,17-22H2,1H3;5H,2-4H2,1H3. The predicted octanol–water partition coefficient (Wildman–Crippen LogP) is 5.60. The average Bonchev–Trinajstić information content (AvgIpc) is 3.52. The van der Waals surface area contributed by atoms with Crippen LogP contribution in [-0.2, 0) is 24.3 Å². The Hall–Kier alpha value is -4.95. The lowest BCUT2D eigenvalue weighted by molar-refractivity contribution is 0.0767. The van der Waals surface area contributed by atoms with Crippen LogP contribution < -0.4 is 14.5 Å². The zero-order valence-electron chi connectivity index (χ0n) is 27.6. The summed E-state index contributed by atoms with van der Waals surface area (Å²) in [6.45, 7) is 4.72. The van der Waals surface area contributed by atoms with Gasteiger partial charge in [0.1, 0.15) is 18.6 Å². The number of nitriles is 1. The quantitative estimate of drug-likeness (QED) is 0.264. The normalized spacial score (nSPS) is 19.2. The zero-order valence-corrected chi connectivity index (χ0v) is 27.6. The number of nitrogens with zero attached hydrogens (tertiary/aromatic N) is 7. The molecule has 0 radical (unpaired) electrons. The minimum atomic E-state index is -0.551. The summed E-state index contributed by atoms with van der Waals surface area (Å²) in [7, 11) is 3.52. The van der Waals surface area contributed by atoms with Crippen LogP contribution in [0.3, 0.4) is 0 Å². The van der Waals surface area contributed by atoms with Gasteiger partial charge in [-0.2, -0.15) is 15.2 Å². The first-order chi connectivity index (χ1) is 23.4. The molecule has 11 heteroatoms. The summed E-state index contributed by atoms with van der Waals surface area (Å²) in [5, 5.41) is 12.0. The van der Waals surface area contributed by atoms with Gasteiger partial charge >= 0.3 is 12.1 Å². The van der Waals surface area contributed by atoms with E-state index in [0.29, 0.717) is 38.7 Å². The number of ether oxygens (including phenoxy) is 2. The topological polar surface area (TPSA) is 98.1 Å². The summed E-state index contributed by atoms with van der Waals surface area (Å²) in [6, 6.07) is 26.7. The molecular weight excluding hydrogens is 609 g/mol. The number of rotatable bonds is 6. The van der Waals surface area contributed by atoms with Gasteiger partial charge in [0.25, 0.3) is 0 Å². The van der Waals surface area contributed by atoms with Crippen molar-refractivity contribution >= 4 is 28.4 Å². The van der Waals surface area contributed by atoms with Gasteiger partial charge in [-0.1, -0.05) is 66.7 Å². The first kappa shape index (κ1) is 33.0. The molecule has 0 bridgehead atoms. The zero-order chi connectivity index (χ0) is 33.5. The molecule has 4 heterocycles. The Morgan fingerprint density at radius 1 is 0.958 bits per heavy atom. The van der Waals surface area contributed by atoms with Gasteiger partial charge in [-0.3, -0.25) is 0 Å². The number of benzene rings is 3. The molecule has 4 aromatic rings. The number of fused-ring (bicyclic) bond motifs is 2. The second-order valence-corrected chi connectivity index (χ2v) is 12.5. The van der Waals surface area contributed by atoms with Crippen LogP contribution in [0.1, 0.15) is 29.7 Å². The predicted molar refractivity (Wildman–Crippen MR) is 184 cm³/mol. The van der Waals surface area contributed by atoms with Crippen molar-refractivity contribution in [3.05, 3.63) is 89.6 Å². The van der Waals surface area contributed by atoms with Crippen LogP contribution in [0.4, 0.5) is 20.7 Å². The molecule has 2 unspecified atom stereocenters. The molecule has 2 fully saturated rings. The van der Waals surface area contributed by atoms with E-state index in [2.05, 4.69) is 58.3 Å². The van der Waals surface area contributed by atoms with Crippen molar-refractivity contribution < 1.29 is 18.7 Å². The van der Waals surface area contributed by atoms with E-state index in [1.165, 1.54) is 16.5 Å². The number of hydrogen-bond donors (Lipinski definition) is 0. The van der Waals surface area contributed by atoms with Crippen LogP contribution in [0.25, 0.3) is 10.8 Å². The molecule has 3 aliphatic heterocycles. The minimum Gasteiger partial charge on any atom is -0.467 e. The number of carbonyl (C=O) groups excluding carboxylic acids is 1. The Morgan fingerprint density at radius 3 is 2.48 bits per heavy atom. The van der Waals surface area contributed by atoms with Crippen LogP contribution in [0.5, 0.6) is 6.01 Å². The van der Waals surface area contributed by atoms with E-state index in [9.17, 15) is 14.4 Å². The molecule has 0 aliphatic carbocycles. The fraction of sp³-hybridized carbons (Fsp3) is 0.405. The Kier molecular flexibility index (Phi) is 10.5. The van der Waals surface area contributed by atoms with E-state index >= 15 is 0 Å². The highest BCUT2D eigenvalue weighted by Gasteiger charge is 2.34. The summed E-state index contributed by atoms with van der Waals surface area (Å²) in [5.41, 5.74) is 4.14. The number of halogens is 1. The molecule has 0 N–H and O–H groups in total. The van der Waals surface area contributed by atoms with Crippen LogP contribution >= 0.6 is 0 Å². The first-order valence-electron chi connectivity index (χ1n) is 16.5. The van der Waals surface area contributed by atoms with Gasteiger partial charge in [0, 0.05) is 55.9 Å². The van der Waals surface area contributed by atoms with Gasteiger partial charge in [0.2, 0.25) is 0 Å². The van der Waals surface area contributed by atoms with Crippen molar-refractivity contribution in [2.45, 2.75) is 44.6 Å². The Bertz CT molecular complexity index is 1740. The number of carbonyl (C=O) groups is 1. The highest BCUT2D eigenvalue weighted by Crippen LogP contribution is 2.34. The van der Waals surface area contributed by atoms with Crippen molar-refractivity contribution in [1.29, 1.82) is 5.26 Å². The molecule has 3 aliphatic rings. The maximum atomic E-state index is 13.0. The van der Waals surface area contributed by atoms with E-state index in [1.54, 1.807) is 12.0 Å². The lowest BCUT2D eigenvalue weighted by Gasteiger charge is -2.41. The van der Waals surface area contributed by atoms with Crippen molar-refractivity contribution in [3.63, 3.8) is 0 Å². The van der Waals surface area contributed by atoms with E-state index in [0.717, 1.165) is 48.6 Å². The van der Waals surface area contributed by atoms with Crippen LogP contribution in [0.15, 0.2) is 72.8 Å². The van der Waals surface area contributed by atoms with E-state index in [4.69, 9.17) is 19.4 Å². The van der Waals surface area contributed by atoms with E-state index in [-0.39, 0.29) is 19.1 Å². The molecule has 10 nitrogen and oxygen atoms in total. The molecule has 1 amide bonds. The summed E-state index contributed by atoms with van der Waals surface area (Å²) in [4.78, 5) is 30.8. The number of alkyl halides is 1. The lowest BCUT2D eigenvalue weighted by Crippen LogP contribution is -2.55. The number of piperazine rings is 1. The molecule has 250 valence electrons. The smallest absolute Gasteiger partial charge is 0.410 e. The fourth-order valence-corrected chi connectivity index (χ4v) is 6.68. The van der Waals surface area contributed by atoms with Crippen LogP contribution in [0.2, 0.25) is 0 Å². The first-order valence-corrected chi connectivity index (χ1v) is 16.5. The van der Waals surface area contributed by atoms with Crippen molar-refractivity contribution in [1.82, 2.24) is 19.8 Å². The molecule has 7 rings (SSSR count). The van der Waals surface area contributed by atoms with Gasteiger partial charge in [-0.15, -0.1) is 0 Å². The summed E-state index contributed by atoms with van der Waals surface area (Å²) in [6.07, 6.45) is 0.763. The highest BCUT2D eigenvalue weighted by molar-refractivity contribution is 5.94. The van der Waals surface area contributed by atoms with E-state index in [1.807, 2.05) is 42.3 Å². The largest absolute Gasteiger partial charge is 0.467 e. The summed E-state index contributed by atoms with van der Waals surface area (Å²) in [5.74, 6) is 0.824. The number of anilines is 2. The minimum absolute atomic E-state index is 0.197. The maximum absolute atomic E-state index is 13.0. The lowest BCUT2D eigenvalue weighted by atomic mass is 10.0. The molecule has 2 atom stereocenters. The second-order valence-electron chi connectivity index (χ2n) is 12.5. The molecule has 0 spiro atoms. The molecular formula is C37H42FN7O3. The molecule has 48 heavy (non-hydrogen) atoms. The van der Waals surface area contributed by atoms with Crippen molar-refractivity contribution in [3.8, 4) is 12.1 Å². The number of hydrogen-bond acceptors (Lipinski definition) is 9. The number of likely N-dealkylation sites (tertiary alicyclic amines) is 1. The molecule has 2 saturated heterocycles. The average molecular weight is 652 g/mol. The number of aromatic nitrogens is 2. The van der Waals surface area contributed by atoms with Gasteiger partial charge < -0.3 is 29.1 Å². The third-order valence-electron chi connectivity index (χ3n) is 9.20. The Balaban J connectivity index is 0.000000510. The van der Waals surface area contributed by atoms with Gasteiger partial charge in [-0.25, -0.2) is 9.18 Å². The van der Waals surface area contributed by atoms with Crippen molar-refractivity contribution in [2.75, 3.05) is 63.2 Å². The van der Waals surface area contributed by atoms with Gasteiger partial charge in [0.15, 0.2) is 0 Å². The molecule has 3 aromatic carbocycles. The third-order valence-corrected chi connectivity index (χ3v) is 9.20. The second kappa shape index (κ2) is 15.3. The third kappa shape index (κ3) is 7.60. The van der Waals surface area contributed by atoms with E-state index < -0.39 is 12.3 Å². The Morgan fingerprint density at radius 2 is 1.75 bits per heavy atom. The number of methoxy groups -OCH3 is 1. The highest BCUT2D eigenvalue weighted by atomic mass is 19.1. The summed E-state index contributed by atoms with van der Waals surface area (Å²) < 4.78 is 23.3. The SMILES string of the molecule is CN1CCC(F)C1.COc1nc2c(c(N3CCN(C(=O)OCc4ccccc4)C(CC#N)C3)n1)CCN(c1cccc3ccccc13)C2. The van der Waals surface area contributed by atoms with Crippen molar-refractivity contribution in [2.24, 2.45) is 0 Å². The van der Waals surface area contributed by atoms with Gasteiger partial charge in [-0.05, 0) is 36.9 Å². The van der Waals surface area contributed by atoms with Gasteiger partial charge in [0.05, 0.1) is 37.9 Å². The maximum Gasteiger partial charge on any atom is 0.410 e. The van der Waals surface area contributed by atoms with Crippen LogP contribution in [-0.4, -0.2) is 91.5 Å². The summed E-state index contributed by atoms with van der Waals surface area (Å²) >= 11 is 0. The molecule has 1 aromatic heterocycles. The monoisotopic (exact) mass is 651 g/mol. The Labute approximate surface area is 281 Å². The van der Waals surface area contributed by atoms with Crippen LogP contribution in [0, 0.1) is 11.3 Å². The fourth-order valence-electron chi connectivity index (χ4n) is 6.68. The number of amides is 1.